The number of nitrogens with one attached hydrogen (secondary N) is 2. The lowest BCUT2D eigenvalue weighted by molar-refractivity contribution is -0.162. The Balaban J connectivity index is 1.86. The summed E-state index contributed by atoms with van der Waals surface area (Å²) in [7, 11) is 0. The van der Waals surface area contributed by atoms with Crippen molar-refractivity contribution in [2.24, 2.45) is 0 Å². The first-order chi connectivity index (χ1) is 22.8. The summed E-state index contributed by atoms with van der Waals surface area (Å²) in [5.41, 5.74) is -8.38. The minimum atomic E-state index is -4.93. The molecule has 0 bridgehead atoms. The van der Waals surface area contributed by atoms with Crippen LogP contribution in [0.2, 0.25) is 0 Å². The van der Waals surface area contributed by atoms with E-state index in [1.807, 2.05) is 0 Å². The van der Waals surface area contributed by atoms with Crippen LogP contribution in [-0.2, 0) is 27.0 Å². The Labute approximate surface area is 275 Å². The Kier molecular flexibility index (Phi) is 11.4. The van der Waals surface area contributed by atoms with Gasteiger partial charge in [0.15, 0.2) is 11.2 Å². The molecular formula is C33H28F7N5O4. The Morgan fingerprint density at radius 3 is 2.33 bits per heavy atom. The average Bonchev–Trinajstić information content (AvgIpc) is 3.41. The molecule has 0 aliphatic heterocycles. The number of allylic oxidation sites excluding steroid dienone is 4. The van der Waals surface area contributed by atoms with Crippen molar-refractivity contribution in [3.8, 4) is 12.1 Å². The smallest absolute Gasteiger partial charge is 0.378 e. The van der Waals surface area contributed by atoms with E-state index in [4.69, 9.17) is 15.3 Å². The Morgan fingerprint density at radius 1 is 1.04 bits per heavy atom. The first-order valence-corrected chi connectivity index (χ1v) is 14.1. The number of halogens is 7. The fourth-order valence-electron chi connectivity index (χ4n) is 4.48. The number of benzene rings is 2. The Hall–Kier alpha value is -5.45. The van der Waals surface area contributed by atoms with E-state index in [2.05, 4.69) is 17.2 Å². The van der Waals surface area contributed by atoms with Crippen LogP contribution >= 0.6 is 0 Å². The first kappa shape index (κ1) is 38.0. The third kappa shape index (κ3) is 9.34. The van der Waals surface area contributed by atoms with Gasteiger partial charge in [0.2, 0.25) is 0 Å². The number of carbonyl (C=O) groups is 2. The molecule has 0 spiro atoms. The molecule has 3 aromatic rings. The molecule has 49 heavy (non-hydrogen) atoms. The summed E-state index contributed by atoms with van der Waals surface area (Å²) < 4.78 is 101. The van der Waals surface area contributed by atoms with Gasteiger partial charge in [-0.25, -0.2) is 4.39 Å². The monoisotopic (exact) mass is 691 g/mol. The fraction of sp³-hybridized carbons (Fsp3) is 0.273. The van der Waals surface area contributed by atoms with Crippen LogP contribution in [0.1, 0.15) is 25.0 Å². The van der Waals surface area contributed by atoms with Gasteiger partial charge in [0, 0.05) is 29.3 Å². The number of amides is 2. The van der Waals surface area contributed by atoms with E-state index in [0.29, 0.717) is 23.0 Å². The second kappa shape index (κ2) is 14.8. The topological polar surface area (TPSA) is 140 Å². The highest BCUT2D eigenvalue weighted by molar-refractivity contribution is 5.97. The van der Waals surface area contributed by atoms with Crippen molar-refractivity contribution in [1.82, 2.24) is 9.88 Å². The van der Waals surface area contributed by atoms with E-state index in [0.717, 1.165) is 37.3 Å². The Morgan fingerprint density at radius 2 is 1.73 bits per heavy atom. The molecule has 9 nitrogen and oxygen atoms in total. The zero-order valence-electron chi connectivity index (χ0n) is 25.8. The van der Waals surface area contributed by atoms with Crippen LogP contribution in [0.25, 0.3) is 10.9 Å². The number of ether oxygens (including phenoxy) is 1. The van der Waals surface area contributed by atoms with Gasteiger partial charge in [-0.2, -0.15) is 36.9 Å². The predicted octanol–water partition coefficient (Wildman–Crippen LogP) is 6.08. The number of hydrogen-bond acceptors (Lipinski definition) is 6. The summed E-state index contributed by atoms with van der Waals surface area (Å²) in [4.78, 5) is 26.4. The van der Waals surface area contributed by atoms with E-state index in [1.54, 1.807) is 0 Å². The maximum absolute atomic E-state index is 13.8. The highest BCUT2D eigenvalue weighted by atomic mass is 19.4. The fourth-order valence-corrected chi connectivity index (χ4v) is 4.48. The molecule has 258 valence electrons. The van der Waals surface area contributed by atoms with Crippen LogP contribution in [0.4, 0.5) is 36.4 Å². The van der Waals surface area contributed by atoms with Crippen LogP contribution in [0, 0.1) is 28.5 Å². The lowest BCUT2D eigenvalue weighted by Gasteiger charge is -2.33. The summed E-state index contributed by atoms with van der Waals surface area (Å²) in [6.07, 6.45) is -6.01. The number of nitrogens with zero attached hydrogens (tertiary/aromatic N) is 3. The highest BCUT2D eigenvalue weighted by Crippen LogP contribution is 2.34. The van der Waals surface area contributed by atoms with Crippen molar-refractivity contribution in [2.75, 3.05) is 18.5 Å². The number of anilines is 1. The van der Waals surface area contributed by atoms with Gasteiger partial charge in [-0.15, -0.1) is 0 Å². The number of rotatable bonds is 12. The second-order valence-electron chi connectivity index (χ2n) is 11.0. The number of fused-ring (bicyclic) bond motifs is 1. The Bertz CT molecular complexity index is 1900. The van der Waals surface area contributed by atoms with Gasteiger partial charge in [-0.05, 0) is 62.4 Å². The minimum Gasteiger partial charge on any atom is -0.378 e. The average molecular weight is 692 g/mol. The molecule has 0 aliphatic rings. The maximum Gasteiger partial charge on any atom is 0.417 e. The number of alkyl halides is 6. The first-order valence-electron chi connectivity index (χ1n) is 14.1. The van der Waals surface area contributed by atoms with Crippen molar-refractivity contribution in [1.29, 1.82) is 10.5 Å². The lowest BCUT2D eigenvalue weighted by Crippen LogP contribution is -2.53. The van der Waals surface area contributed by atoms with Crippen molar-refractivity contribution in [2.45, 2.75) is 43.9 Å². The van der Waals surface area contributed by atoms with E-state index in [9.17, 15) is 45.4 Å². The SMILES string of the molecule is C=C/C(=C(C#N)\C=C/CNC(=O)C(C)(O)CO[C@@](C)(Cn1ccc2cc(F)ccc21)C(=O)Nc1ccc(C#N)c(C(F)(F)F)c1)C(F)(F)F. The molecule has 2 aromatic carbocycles. The molecule has 0 fully saturated rings. The number of aliphatic hydroxyl groups is 1. The predicted molar refractivity (Wildman–Crippen MR) is 163 cm³/mol. The van der Waals surface area contributed by atoms with Crippen molar-refractivity contribution in [3.05, 3.63) is 102 Å². The van der Waals surface area contributed by atoms with Gasteiger partial charge in [-0.3, -0.25) is 9.59 Å². The molecule has 3 rings (SSSR count). The van der Waals surface area contributed by atoms with E-state index >= 15 is 0 Å². The summed E-state index contributed by atoms with van der Waals surface area (Å²) in [6.45, 7) is 3.61. The quantitative estimate of drug-likeness (QED) is 0.120. The zero-order chi connectivity index (χ0) is 36.8. The van der Waals surface area contributed by atoms with E-state index in [-0.39, 0.29) is 12.2 Å². The van der Waals surface area contributed by atoms with Gasteiger partial charge >= 0.3 is 12.4 Å². The summed E-state index contributed by atoms with van der Waals surface area (Å²) in [5.74, 6) is -2.65. The molecular weight excluding hydrogens is 663 g/mol. The van der Waals surface area contributed by atoms with Crippen LogP contribution < -0.4 is 10.6 Å². The molecule has 1 heterocycles. The van der Waals surface area contributed by atoms with Crippen LogP contribution in [0.5, 0.6) is 0 Å². The van der Waals surface area contributed by atoms with E-state index in [1.165, 1.54) is 48.0 Å². The third-order valence-corrected chi connectivity index (χ3v) is 7.13. The molecule has 2 amide bonds. The molecule has 0 saturated heterocycles. The van der Waals surface area contributed by atoms with Crippen LogP contribution in [0.3, 0.4) is 0 Å². The van der Waals surface area contributed by atoms with Crippen molar-refractivity contribution in [3.63, 3.8) is 0 Å². The molecule has 16 heteroatoms. The van der Waals surface area contributed by atoms with Crippen LogP contribution in [-0.4, -0.2) is 52.0 Å². The van der Waals surface area contributed by atoms with Gasteiger partial charge in [0.05, 0.1) is 47.6 Å². The largest absolute Gasteiger partial charge is 0.417 e. The molecule has 0 aliphatic carbocycles. The van der Waals surface area contributed by atoms with Gasteiger partial charge in [-0.1, -0.05) is 18.7 Å². The number of nitriles is 2. The van der Waals surface area contributed by atoms with Crippen LogP contribution in [0.15, 0.2) is 84.6 Å². The second-order valence-corrected chi connectivity index (χ2v) is 11.0. The standard InChI is InChI=1S/C33H28F7N5O4/c1-4-25(32(35,36)37)21(16-41)6-5-12-43-28(46)30(2,48)19-49-31(3,18-45-13-11-20-14-23(34)8-10-27(20)45)29(47)44-24-9-7-22(17-42)26(15-24)33(38,39)40/h4-11,13-15,48H,1,12,18-19H2,2-3H3,(H,43,46)(H,44,47)/b6-5-,25-21-/t30?,31-/m0/s1. The van der Waals surface area contributed by atoms with Crippen molar-refractivity contribution < 1.29 is 50.2 Å². The summed E-state index contributed by atoms with van der Waals surface area (Å²) >= 11 is 0. The minimum absolute atomic E-state index is 0.349. The summed E-state index contributed by atoms with van der Waals surface area (Å²) in [5, 5.41) is 34.1. The number of hydrogen-bond donors (Lipinski definition) is 3. The van der Waals surface area contributed by atoms with Gasteiger partial charge < -0.3 is 25.0 Å². The van der Waals surface area contributed by atoms with E-state index < -0.39 is 76.6 Å². The molecule has 0 radical (unpaired) electrons. The molecule has 1 unspecified atom stereocenters. The zero-order valence-corrected chi connectivity index (χ0v) is 25.8. The molecule has 3 N–H and O–H groups in total. The van der Waals surface area contributed by atoms with Crippen molar-refractivity contribution >= 4 is 28.4 Å². The highest BCUT2D eigenvalue weighted by Gasteiger charge is 2.41. The molecule has 1 aromatic heterocycles. The van der Waals surface area contributed by atoms with Gasteiger partial charge in [0.25, 0.3) is 11.8 Å². The lowest BCUT2D eigenvalue weighted by atomic mass is 10.0. The number of aromatic nitrogens is 1. The number of carbonyl (C=O) groups excluding carboxylic acids is 2. The molecule has 2 atom stereocenters. The normalized spacial score (nSPS) is 15.0. The summed E-state index contributed by atoms with van der Waals surface area (Å²) in [6, 6.07) is 10.6. The van der Waals surface area contributed by atoms with Gasteiger partial charge in [0.1, 0.15) is 5.82 Å². The third-order valence-electron chi connectivity index (χ3n) is 7.13. The molecule has 0 saturated carbocycles. The maximum atomic E-state index is 13.8.